The van der Waals surface area contributed by atoms with Crippen LogP contribution < -0.4 is 5.32 Å². The maximum Gasteiger partial charge on any atom is 0.221 e. The van der Waals surface area contributed by atoms with Crippen molar-refractivity contribution in [1.82, 2.24) is 15.0 Å². The van der Waals surface area contributed by atoms with E-state index in [4.69, 9.17) is 11.6 Å². The minimum atomic E-state index is -0.309. The number of aromatic nitrogens is 3. The lowest BCUT2D eigenvalue weighted by Crippen LogP contribution is -2.11. The summed E-state index contributed by atoms with van der Waals surface area (Å²) in [5.74, 6) is -0.578. The van der Waals surface area contributed by atoms with Gasteiger partial charge in [0.1, 0.15) is 12.0 Å². The fraction of sp³-hybridized carbons (Fsp3) is 0.0667. The highest BCUT2D eigenvalue weighted by Crippen LogP contribution is 2.31. The molecule has 0 spiro atoms. The molecule has 0 fully saturated rings. The number of anilines is 1. The van der Waals surface area contributed by atoms with Gasteiger partial charge >= 0.3 is 0 Å². The van der Waals surface area contributed by atoms with Crippen molar-refractivity contribution in [1.29, 1.82) is 0 Å². The van der Waals surface area contributed by atoms with Crippen LogP contribution >= 0.6 is 11.6 Å². The van der Waals surface area contributed by atoms with Crippen LogP contribution in [0.15, 0.2) is 36.9 Å². The second-order valence-electron chi connectivity index (χ2n) is 4.70. The van der Waals surface area contributed by atoms with E-state index in [2.05, 4.69) is 20.3 Å². The van der Waals surface area contributed by atoms with Crippen LogP contribution in [0.4, 0.5) is 5.69 Å². The van der Waals surface area contributed by atoms with Gasteiger partial charge in [0, 0.05) is 35.2 Å². The largest absolute Gasteiger partial charge is 0.350 e. The van der Waals surface area contributed by atoms with Crippen LogP contribution in [0, 0.1) is 0 Å². The Kier molecular flexibility index (Phi) is 3.60. The van der Waals surface area contributed by atoms with Crippen molar-refractivity contribution in [2.45, 2.75) is 6.92 Å². The maximum absolute atomic E-state index is 12.6. The van der Waals surface area contributed by atoms with Crippen molar-refractivity contribution >= 4 is 39.9 Å². The monoisotopic (exact) mass is 314 g/mol. The summed E-state index contributed by atoms with van der Waals surface area (Å²) in [6.45, 7) is 1.38. The Labute approximate surface area is 130 Å². The molecule has 7 heteroatoms. The predicted octanol–water partition coefficient (Wildman–Crippen LogP) is 2.80. The fourth-order valence-corrected chi connectivity index (χ4v) is 2.38. The molecule has 3 rings (SSSR count). The molecule has 0 aliphatic carbocycles. The second-order valence-corrected chi connectivity index (χ2v) is 5.14. The van der Waals surface area contributed by atoms with Crippen molar-refractivity contribution in [2.24, 2.45) is 0 Å². The number of halogens is 1. The summed E-state index contributed by atoms with van der Waals surface area (Å²) in [5, 5.41) is 3.93. The highest BCUT2D eigenvalue weighted by molar-refractivity contribution is 6.31. The van der Waals surface area contributed by atoms with E-state index in [1.807, 2.05) is 0 Å². The van der Waals surface area contributed by atoms with Crippen molar-refractivity contribution in [3.05, 3.63) is 53.2 Å². The first kappa shape index (κ1) is 14.2. The molecule has 1 amide bonds. The third kappa shape index (κ3) is 2.56. The summed E-state index contributed by atoms with van der Waals surface area (Å²) in [6, 6.07) is 5.14. The zero-order chi connectivity index (χ0) is 15.7. The number of carbonyl (C=O) groups is 2. The lowest BCUT2D eigenvalue weighted by molar-refractivity contribution is -0.114. The van der Waals surface area contributed by atoms with E-state index >= 15 is 0 Å². The first-order valence-electron chi connectivity index (χ1n) is 6.45. The number of nitrogens with one attached hydrogen (secondary N) is 2. The van der Waals surface area contributed by atoms with Crippen LogP contribution in [0.2, 0.25) is 5.02 Å². The number of hydrogen-bond donors (Lipinski definition) is 2. The molecule has 3 aromatic rings. The number of H-pyrrole nitrogens is 1. The van der Waals surface area contributed by atoms with E-state index in [9.17, 15) is 9.59 Å². The lowest BCUT2D eigenvalue weighted by atomic mass is 10.1. The zero-order valence-corrected chi connectivity index (χ0v) is 12.3. The van der Waals surface area contributed by atoms with Crippen molar-refractivity contribution in [3.8, 4) is 0 Å². The molecule has 110 valence electrons. The number of benzene rings is 1. The molecule has 0 aliphatic rings. The molecule has 2 aromatic heterocycles. The van der Waals surface area contributed by atoms with Crippen LogP contribution in [0.5, 0.6) is 0 Å². The fourth-order valence-electron chi connectivity index (χ4n) is 2.21. The molecule has 22 heavy (non-hydrogen) atoms. The van der Waals surface area contributed by atoms with Gasteiger partial charge in [0.25, 0.3) is 0 Å². The van der Waals surface area contributed by atoms with Gasteiger partial charge in [-0.25, -0.2) is 9.97 Å². The van der Waals surface area contributed by atoms with Crippen LogP contribution in [0.3, 0.4) is 0 Å². The van der Waals surface area contributed by atoms with E-state index in [1.54, 1.807) is 18.2 Å². The number of nitrogens with zero attached hydrogens (tertiary/aromatic N) is 2. The topological polar surface area (TPSA) is 87.7 Å². The Hall–Kier alpha value is -2.73. The summed E-state index contributed by atoms with van der Waals surface area (Å²) in [6.07, 6.45) is 4.19. The molecule has 0 atom stereocenters. The quantitative estimate of drug-likeness (QED) is 0.728. The summed E-state index contributed by atoms with van der Waals surface area (Å²) < 4.78 is 0. The van der Waals surface area contributed by atoms with E-state index in [0.29, 0.717) is 27.2 Å². The van der Waals surface area contributed by atoms with Crippen LogP contribution in [-0.2, 0) is 4.79 Å². The van der Waals surface area contributed by atoms with Gasteiger partial charge in [-0.15, -0.1) is 0 Å². The van der Waals surface area contributed by atoms with Gasteiger partial charge in [-0.2, -0.15) is 0 Å². The lowest BCUT2D eigenvalue weighted by Gasteiger charge is -2.04. The number of carbonyl (C=O) groups excluding carboxylic acids is 2. The average molecular weight is 315 g/mol. The van der Waals surface area contributed by atoms with Gasteiger partial charge in [-0.1, -0.05) is 11.6 Å². The second kappa shape index (κ2) is 5.57. The minimum Gasteiger partial charge on any atom is -0.350 e. The number of aromatic amines is 1. The van der Waals surface area contributed by atoms with Crippen molar-refractivity contribution in [3.63, 3.8) is 0 Å². The van der Waals surface area contributed by atoms with Gasteiger partial charge in [-0.3, -0.25) is 9.59 Å². The minimum absolute atomic E-state index is 0.266. The van der Waals surface area contributed by atoms with Gasteiger partial charge in [-0.05, 0) is 18.2 Å². The van der Waals surface area contributed by atoms with Crippen LogP contribution in [0.1, 0.15) is 23.0 Å². The number of rotatable bonds is 3. The first-order chi connectivity index (χ1) is 10.6. The Morgan fingerprint density at radius 2 is 1.95 bits per heavy atom. The number of amides is 1. The Balaban J connectivity index is 2.19. The van der Waals surface area contributed by atoms with Gasteiger partial charge in [0.05, 0.1) is 11.3 Å². The molecule has 2 heterocycles. The van der Waals surface area contributed by atoms with Crippen LogP contribution in [-0.4, -0.2) is 26.6 Å². The van der Waals surface area contributed by atoms with Gasteiger partial charge in [0.2, 0.25) is 11.7 Å². The highest BCUT2D eigenvalue weighted by Gasteiger charge is 2.20. The molecular weight excluding hydrogens is 304 g/mol. The number of hydrogen-bond acceptors (Lipinski definition) is 4. The van der Waals surface area contributed by atoms with E-state index in [1.165, 1.54) is 25.6 Å². The normalized spacial score (nSPS) is 10.6. The molecule has 6 nitrogen and oxygen atoms in total. The van der Waals surface area contributed by atoms with E-state index in [-0.39, 0.29) is 17.4 Å². The Bertz CT molecular complexity index is 874. The smallest absolute Gasteiger partial charge is 0.221 e. The molecule has 0 saturated heterocycles. The molecular formula is C15H11ClN4O2. The maximum atomic E-state index is 12.6. The predicted molar refractivity (Wildman–Crippen MR) is 83.1 cm³/mol. The standard InChI is InChI=1S/C15H11ClN4O2/c1-8(21)19-13-11-3-2-10(16)4-12(11)20-14(13)15(22)9-5-17-7-18-6-9/h2-7,20H,1H3,(H,19,21). The Morgan fingerprint density at radius 3 is 2.64 bits per heavy atom. The molecule has 0 unspecified atom stereocenters. The van der Waals surface area contributed by atoms with E-state index < -0.39 is 0 Å². The third-order valence-electron chi connectivity index (χ3n) is 3.11. The molecule has 2 N–H and O–H groups in total. The average Bonchev–Trinajstić information content (AvgIpc) is 2.84. The summed E-state index contributed by atoms with van der Waals surface area (Å²) >= 11 is 5.97. The first-order valence-corrected chi connectivity index (χ1v) is 6.82. The number of ketones is 1. The van der Waals surface area contributed by atoms with Gasteiger partial charge in [0.15, 0.2) is 0 Å². The van der Waals surface area contributed by atoms with Crippen LogP contribution in [0.25, 0.3) is 10.9 Å². The molecule has 0 radical (unpaired) electrons. The SMILES string of the molecule is CC(=O)Nc1c(C(=O)c2cncnc2)[nH]c2cc(Cl)ccc12. The summed E-state index contributed by atoms with van der Waals surface area (Å²) in [7, 11) is 0. The van der Waals surface area contributed by atoms with E-state index in [0.717, 1.165) is 0 Å². The highest BCUT2D eigenvalue weighted by atomic mass is 35.5. The Morgan fingerprint density at radius 1 is 1.23 bits per heavy atom. The summed E-state index contributed by atoms with van der Waals surface area (Å²) in [5.41, 5.74) is 1.68. The molecule has 0 aliphatic heterocycles. The molecule has 0 bridgehead atoms. The third-order valence-corrected chi connectivity index (χ3v) is 3.35. The molecule has 0 saturated carbocycles. The van der Waals surface area contributed by atoms with Crippen molar-refractivity contribution in [2.75, 3.05) is 5.32 Å². The molecule has 1 aromatic carbocycles. The number of fused-ring (bicyclic) bond motifs is 1. The summed E-state index contributed by atoms with van der Waals surface area (Å²) in [4.78, 5) is 34.7. The van der Waals surface area contributed by atoms with Gasteiger partial charge < -0.3 is 10.3 Å². The van der Waals surface area contributed by atoms with Crippen molar-refractivity contribution < 1.29 is 9.59 Å². The zero-order valence-electron chi connectivity index (χ0n) is 11.6.